The van der Waals surface area contributed by atoms with E-state index in [0.717, 1.165) is 18.5 Å². The number of halogens is 1. The second-order valence-corrected chi connectivity index (χ2v) is 9.35. The Morgan fingerprint density at radius 2 is 1.96 bits per heavy atom. The van der Waals surface area contributed by atoms with Gasteiger partial charge in [0, 0.05) is 12.0 Å². The summed E-state index contributed by atoms with van der Waals surface area (Å²) in [6.07, 6.45) is 1.95. The van der Waals surface area contributed by atoms with Crippen molar-refractivity contribution in [3.05, 3.63) is 71.0 Å². The lowest BCUT2D eigenvalue weighted by molar-refractivity contribution is 0.392. The van der Waals surface area contributed by atoms with Crippen LogP contribution in [0.15, 0.2) is 48.5 Å². The molecule has 0 aliphatic carbocycles. The second kappa shape index (κ2) is 6.99. The van der Waals surface area contributed by atoms with Crippen LogP contribution < -0.4 is 13.2 Å². The second-order valence-electron chi connectivity index (χ2n) is 6.23. The highest BCUT2D eigenvalue weighted by molar-refractivity contribution is 7.91. The van der Waals surface area contributed by atoms with Gasteiger partial charge in [-0.05, 0) is 30.2 Å². The molecule has 0 atom stereocenters. The number of hydrogen-bond acceptors (Lipinski definition) is 6. The minimum atomic E-state index is -4.10. The van der Waals surface area contributed by atoms with Gasteiger partial charge >= 0.3 is 20.3 Å². The molecule has 150 valence electrons. The Hall–Kier alpha value is -2.79. The summed E-state index contributed by atoms with van der Waals surface area (Å²) in [5, 5.41) is 9.33. The molecule has 1 aliphatic rings. The third kappa shape index (κ3) is 4.20. The van der Waals surface area contributed by atoms with Crippen molar-refractivity contribution < 1.29 is 30.5 Å². The maximum atomic E-state index is 14.6. The zero-order chi connectivity index (χ0) is 20.7. The van der Waals surface area contributed by atoms with Gasteiger partial charge in [0.2, 0.25) is 5.88 Å². The molecule has 11 heteroatoms. The summed E-state index contributed by atoms with van der Waals surface area (Å²) in [7, 11) is -7.85. The summed E-state index contributed by atoms with van der Waals surface area (Å²) in [4.78, 5) is 0. The summed E-state index contributed by atoms with van der Waals surface area (Å²) in [5.41, 5.74) is 1.35. The molecular weight excluding hydrogens is 411 g/mol. The zero-order valence-corrected chi connectivity index (χ0v) is 16.5. The predicted molar refractivity (Wildman–Crippen MR) is 101 cm³/mol. The third-order valence-corrected chi connectivity index (χ3v) is 5.66. The van der Waals surface area contributed by atoms with Crippen LogP contribution in [0.3, 0.4) is 0 Å². The van der Waals surface area contributed by atoms with Gasteiger partial charge in [-0.15, -0.1) is 0 Å². The van der Waals surface area contributed by atoms with Crippen molar-refractivity contribution in [1.29, 1.82) is 0 Å². The molecule has 8 nitrogen and oxygen atoms in total. The smallest absolute Gasteiger partial charge is 0.330 e. The molecule has 2 aromatic carbocycles. The minimum absolute atomic E-state index is 0.163. The van der Waals surface area contributed by atoms with E-state index in [9.17, 15) is 26.3 Å². The van der Waals surface area contributed by atoms with Crippen LogP contribution in [0.2, 0.25) is 0 Å². The maximum Gasteiger partial charge on any atom is 0.330 e. The highest BCUT2D eigenvalue weighted by Gasteiger charge is 2.30. The van der Waals surface area contributed by atoms with Crippen LogP contribution in [0.5, 0.6) is 5.75 Å². The molecule has 0 fully saturated rings. The van der Waals surface area contributed by atoms with Crippen molar-refractivity contribution in [2.24, 2.45) is 0 Å². The number of nitrogens with zero attached hydrogens (tertiary/aromatic N) is 1. The first kappa shape index (κ1) is 20.0. The molecule has 0 saturated carbocycles. The SMILES string of the molecule is Cc1cccc(Cc2ccc(N3C=C(O)NS3(=O)=O)c(F)c2)c1OS(C)(=O)=O. The number of aliphatic hydroxyl groups is 1. The molecule has 28 heavy (non-hydrogen) atoms. The molecular formula is C17H17FN2O6S2. The summed E-state index contributed by atoms with van der Waals surface area (Å²) in [5.74, 6) is -1.27. The van der Waals surface area contributed by atoms with Gasteiger partial charge in [-0.25, -0.2) is 13.4 Å². The predicted octanol–water partition coefficient (Wildman–Crippen LogP) is 2.07. The van der Waals surface area contributed by atoms with Crippen LogP contribution in [-0.4, -0.2) is 28.2 Å². The summed E-state index contributed by atoms with van der Waals surface area (Å²) in [6.45, 7) is 1.69. The number of rotatable bonds is 5. The third-order valence-electron chi connectivity index (χ3n) is 3.90. The number of hydrogen-bond donors (Lipinski definition) is 2. The molecule has 0 aromatic heterocycles. The Bertz CT molecular complexity index is 1180. The number of para-hydroxylation sites is 1. The van der Waals surface area contributed by atoms with Crippen molar-refractivity contribution in [2.75, 3.05) is 10.6 Å². The summed E-state index contributed by atoms with van der Waals surface area (Å²) < 4.78 is 68.8. The topological polar surface area (TPSA) is 113 Å². The van der Waals surface area contributed by atoms with Gasteiger partial charge in [0.25, 0.3) is 0 Å². The van der Waals surface area contributed by atoms with E-state index < -0.39 is 32.0 Å². The van der Waals surface area contributed by atoms with Gasteiger partial charge in [0.1, 0.15) is 11.6 Å². The fourth-order valence-electron chi connectivity index (χ4n) is 2.77. The van der Waals surface area contributed by atoms with E-state index in [-0.39, 0.29) is 17.9 Å². The average Bonchev–Trinajstić information content (AvgIpc) is 2.82. The molecule has 1 heterocycles. The van der Waals surface area contributed by atoms with Crippen LogP contribution in [0, 0.1) is 12.7 Å². The number of anilines is 1. The fraction of sp³-hybridized carbons (Fsp3) is 0.176. The molecule has 2 aromatic rings. The Labute approximate surface area is 162 Å². The van der Waals surface area contributed by atoms with Gasteiger partial charge in [-0.2, -0.15) is 16.8 Å². The van der Waals surface area contributed by atoms with Crippen molar-refractivity contribution in [1.82, 2.24) is 4.72 Å². The van der Waals surface area contributed by atoms with Crippen molar-refractivity contribution >= 4 is 26.0 Å². The zero-order valence-electron chi connectivity index (χ0n) is 14.9. The van der Waals surface area contributed by atoms with Gasteiger partial charge in [0.15, 0.2) is 0 Å². The van der Waals surface area contributed by atoms with Crippen molar-refractivity contribution in [3.63, 3.8) is 0 Å². The highest BCUT2D eigenvalue weighted by atomic mass is 32.2. The van der Waals surface area contributed by atoms with Gasteiger partial charge in [0.05, 0.1) is 18.1 Å². The normalized spacial score (nSPS) is 15.8. The lowest BCUT2D eigenvalue weighted by Gasteiger charge is -2.16. The van der Waals surface area contributed by atoms with Crippen LogP contribution in [0.4, 0.5) is 10.1 Å². The fourth-order valence-corrected chi connectivity index (χ4v) is 4.37. The molecule has 0 spiro atoms. The molecule has 0 amide bonds. The lowest BCUT2D eigenvalue weighted by atomic mass is 10.0. The molecule has 0 saturated heterocycles. The van der Waals surface area contributed by atoms with E-state index in [1.54, 1.807) is 25.1 Å². The number of aryl methyl sites for hydroxylation is 1. The van der Waals surface area contributed by atoms with Crippen molar-refractivity contribution in [2.45, 2.75) is 13.3 Å². The Kier molecular flexibility index (Phi) is 4.98. The van der Waals surface area contributed by atoms with Crippen LogP contribution in [0.1, 0.15) is 16.7 Å². The Balaban J connectivity index is 1.94. The largest absolute Gasteiger partial charge is 0.493 e. The number of benzene rings is 2. The van der Waals surface area contributed by atoms with E-state index in [1.165, 1.54) is 12.1 Å². The molecule has 0 bridgehead atoms. The monoisotopic (exact) mass is 428 g/mol. The Morgan fingerprint density at radius 1 is 1.25 bits per heavy atom. The lowest BCUT2D eigenvalue weighted by Crippen LogP contribution is -2.30. The molecule has 2 N–H and O–H groups in total. The van der Waals surface area contributed by atoms with Crippen LogP contribution in [-0.2, 0) is 26.7 Å². The number of aliphatic hydroxyl groups excluding tert-OH is 1. The van der Waals surface area contributed by atoms with Crippen LogP contribution in [0.25, 0.3) is 0 Å². The van der Waals surface area contributed by atoms with Gasteiger partial charge in [-0.3, -0.25) is 0 Å². The van der Waals surface area contributed by atoms with E-state index in [4.69, 9.17) is 4.18 Å². The van der Waals surface area contributed by atoms with E-state index >= 15 is 0 Å². The van der Waals surface area contributed by atoms with Gasteiger partial charge in [-0.1, -0.05) is 24.3 Å². The number of nitrogens with one attached hydrogen (secondary N) is 1. The van der Waals surface area contributed by atoms with E-state index in [0.29, 0.717) is 21.0 Å². The summed E-state index contributed by atoms with van der Waals surface area (Å²) >= 11 is 0. The average molecular weight is 428 g/mol. The minimum Gasteiger partial charge on any atom is -0.493 e. The van der Waals surface area contributed by atoms with Crippen molar-refractivity contribution in [3.8, 4) is 5.75 Å². The maximum absolute atomic E-state index is 14.6. The first-order valence-corrected chi connectivity index (χ1v) is 11.2. The standard InChI is InChI=1S/C17H17FN2O6S2/c1-11-4-3-5-13(17(11)26-27(2,22)23)8-12-6-7-15(14(18)9-12)20-10-16(21)19-28(20,24)25/h3-7,9-10,19,21H,8H2,1-2H3. The van der Waals surface area contributed by atoms with Gasteiger partial charge < -0.3 is 9.29 Å². The first-order valence-electron chi connectivity index (χ1n) is 7.95. The molecule has 3 rings (SSSR count). The van der Waals surface area contributed by atoms with E-state index in [1.807, 2.05) is 4.72 Å². The molecule has 0 radical (unpaired) electrons. The summed E-state index contributed by atoms with van der Waals surface area (Å²) in [6, 6.07) is 8.98. The Morgan fingerprint density at radius 3 is 2.54 bits per heavy atom. The quantitative estimate of drug-likeness (QED) is 0.705. The van der Waals surface area contributed by atoms with E-state index in [2.05, 4.69) is 0 Å². The van der Waals surface area contributed by atoms with Crippen LogP contribution >= 0.6 is 0 Å². The molecule has 1 aliphatic heterocycles. The highest BCUT2D eigenvalue weighted by Crippen LogP contribution is 2.30. The first-order chi connectivity index (χ1) is 13.0. The molecule has 0 unspecified atom stereocenters.